The van der Waals surface area contributed by atoms with Gasteiger partial charge in [-0.3, -0.25) is 4.72 Å². The van der Waals surface area contributed by atoms with Crippen molar-refractivity contribution in [1.29, 1.82) is 0 Å². The number of aromatic nitrogens is 1. The van der Waals surface area contributed by atoms with Crippen LogP contribution in [0.25, 0.3) is 0 Å². The number of nitrogens with one attached hydrogen (secondary N) is 2. The van der Waals surface area contributed by atoms with Crippen molar-refractivity contribution in [3.8, 4) is 0 Å². The lowest BCUT2D eigenvalue weighted by molar-refractivity contribution is 0.601. The SMILES string of the molecule is O=S(=O)(Nc1ccc(NC2CC2)nc1)c1ccc(Cl)c(Cl)c1. The second kappa shape index (κ2) is 5.95. The monoisotopic (exact) mass is 357 g/mol. The Hall–Kier alpha value is -1.50. The molecule has 5 nitrogen and oxygen atoms in total. The number of rotatable bonds is 5. The van der Waals surface area contributed by atoms with Gasteiger partial charge in [0.15, 0.2) is 0 Å². The van der Waals surface area contributed by atoms with E-state index in [1.54, 1.807) is 12.1 Å². The van der Waals surface area contributed by atoms with Crippen molar-refractivity contribution in [3.63, 3.8) is 0 Å². The van der Waals surface area contributed by atoms with Gasteiger partial charge in [0.05, 0.1) is 26.8 Å². The third-order valence-electron chi connectivity index (χ3n) is 3.15. The molecule has 1 aromatic heterocycles. The van der Waals surface area contributed by atoms with Crippen LogP contribution in [0.5, 0.6) is 0 Å². The Balaban J connectivity index is 1.76. The first-order valence-corrected chi connectivity index (χ1v) is 8.88. The van der Waals surface area contributed by atoms with Gasteiger partial charge in [-0.15, -0.1) is 0 Å². The van der Waals surface area contributed by atoms with Crippen molar-refractivity contribution < 1.29 is 8.42 Å². The molecule has 0 amide bonds. The van der Waals surface area contributed by atoms with Gasteiger partial charge in [-0.25, -0.2) is 13.4 Å². The van der Waals surface area contributed by atoms with Crippen molar-refractivity contribution >= 4 is 44.7 Å². The van der Waals surface area contributed by atoms with E-state index in [9.17, 15) is 8.42 Å². The van der Waals surface area contributed by atoms with Crippen molar-refractivity contribution in [2.45, 2.75) is 23.8 Å². The molecule has 2 N–H and O–H groups in total. The second-order valence-electron chi connectivity index (χ2n) is 5.03. The van der Waals surface area contributed by atoms with E-state index < -0.39 is 10.0 Å². The molecule has 0 bridgehead atoms. The Morgan fingerprint density at radius 3 is 2.45 bits per heavy atom. The zero-order chi connectivity index (χ0) is 15.7. The fourth-order valence-corrected chi connectivity index (χ4v) is 3.27. The van der Waals surface area contributed by atoms with Crippen molar-refractivity contribution in [1.82, 2.24) is 4.98 Å². The van der Waals surface area contributed by atoms with E-state index in [4.69, 9.17) is 23.2 Å². The van der Waals surface area contributed by atoms with Gasteiger partial charge in [0, 0.05) is 6.04 Å². The zero-order valence-electron chi connectivity index (χ0n) is 11.4. The average Bonchev–Trinajstić information content (AvgIpc) is 3.27. The third-order valence-corrected chi connectivity index (χ3v) is 5.26. The van der Waals surface area contributed by atoms with E-state index in [2.05, 4.69) is 15.0 Å². The molecule has 22 heavy (non-hydrogen) atoms. The number of pyridine rings is 1. The number of hydrogen-bond acceptors (Lipinski definition) is 4. The Kier molecular flexibility index (Phi) is 4.16. The van der Waals surface area contributed by atoms with E-state index in [1.165, 1.54) is 24.4 Å². The summed E-state index contributed by atoms with van der Waals surface area (Å²) in [6.45, 7) is 0. The highest BCUT2D eigenvalue weighted by atomic mass is 35.5. The molecule has 3 rings (SSSR count). The van der Waals surface area contributed by atoms with Crippen LogP contribution in [0.1, 0.15) is 12.8 Å². The highest BCUT2D eigenvalue weighted by molar-refractivity contribution is 7.92. The normalized spacial score (nSPS) is 14.6. The van der Waals surface area contributed by atoms with E-state index in [0.29, 0.717) is 16.8 Å². The Morgan fingerprint density at radius 1 is 1.09 bits per heavy atom. The molecular formula is C14H13Cl2N3O2S. The summed E-state index contributed by atoms with van der Waals surface area (Å²) >= 11 is 11.6. The van der Waals surface area contributed by atoms with Crippen LogP contribution < -0.4 is 10.0 Å². The van der Waals surface area contributed by atoms with Gasteiger partial charge in [-0.2, -0.15) is 0 Å². The second-order valence-corrected chi connectivity index (χ2v) is 7.53. The van der Waals surface area contributed by atoms with Crippen LogP contribution in [-0.2, 0) is 10.0 Å². The van der Waals surface area contributed by atoms with Gasteiger partial charge >= 0.3 is 0 Å². The largest absolute Gasteiger partial charge is 0.367 e. The number of sulfonamides is 1. The molecule has 1 aliphatic carbocycles. The smallest absolute Gasteiger partial charge is 0.261 e. The summed E-state index contributed by atoms with van der Waals surface area (Å²) < 4.78 is 27.0. The zero-order valence-corrected chi connectivity index (χ0v) is 13.7. The van der Waals surface area contributed by atoms with Gasteiger partial charge in [-0.1, -0.05) is 23.2 Å². The van der Waals surface area contributed by atoms with E-state index in [-0.39, 0.29) is 9.92 Å². The summed E-state index contributed by atoms with van der Waals surface area (Å²) in [6, 6.07) is 8.04. The lowest BCUT2D eigenvalue weighted by atomic mass is 10.4. The summed E-state index contributed by atoms with van der Waals surface area (Å²) in [5.41, 5.74) is 0.382. The fourth-order valence-electron chi connectivity index (χ4n) is 1.83. The third kappa shape index (κ3) is 3.63. The molecule has 1 aromatic carbocycles. The number of halogens is 2. The molecule has 1 saturated carbocycles. The van der Waals surface area contributed by atoms with Crippen LogP contribution in [-0.4, -0.2) is 19.4 Å². The predicted molar refractivity (Wildman–Crippen MR) is 88.2 cm³/mol. The number of nitrogens with zero attached hydrogens (tertiary/aromatic N) is 1. The summed E-state index contributed by atoms with van der Waals surface area (Å²) in [5, 5.41) is 3.72. The van der Waals surface area contributed by atoms with E-state index in [1.807, 2.05) is 0 Å². The molecule has 0 spiro atoms. The highest BCUT2D eigenvalue weighted by Crippen LogP contribution is 2.27. The summed E-state index contributed by atoms with van der Waals surface area (Å²) in [6.07, 6.45) is 3.76. The van der Waals surface area contributed by atoms with Gasteiger partial charge in [0.25, 0.3) is 10.0 Å². The predicted octanol–water partition coefficient (Wildman–Crippen LogP) is 3.76. The number of anilines is 2. The molecule has 0 atom stereocenters. The molecule has 2 aromatic rings. The molecular weight excluding hydrogens is 345 g/mol. The van der Waals surface area contributed by atoms with Crippen molar-refractivity contribution in [2.75, 3.05) is 10.0 Å². The first-order chi connectivity index (χ1) is 10.4. The topological polar surface area (TPSA) is 71.1 Å². The molecule has 1 heterocycles. The molecule has 8 heteroatoms. The molecule has 1 aliphatic rings. The summed E-state index contributed by atoms with van der Waals surface area (Å²) in [7, 11) is -3.73. The van der Waals surface area contributed by atoms with Gasteiger partial charge in [0.2, 0.25) is 0 Å². The summed E-state index contributed by atoms with van der Waals surface area (Å²) in [5.74, 6) is 0.736. The molecule has 0 unspecified atom stereocenters. The first-order valence-electron chi connectivity index (χ1n) is 6.64. The Labute approximate surface area is 138 Å². The van der Waals surface area contributed by atoms with Gasteiger partial charge < -0.3 is 5.32 Å². The number of hydrogen-bond donors (Lipinski definition) is 2. The number of benzene rings is 1. The molecule has 0 radical (unpaired) electrons. The quantitative estimate of drug-likeness (QED) is 0.854. The standard InChI is InChI=1S/C14H13Cl2N3O2S/c15-12-5-4-11(7-13(12)16)22(20,21)19-10-3-6-14(17-8-10)18-9-1-2-9/h3-9,19H,1-2H2,(H,17,18). The van der Waals surface area contributed by atoms with Crippen LogP contribution >= 0.6 is 23.2 Å². The van der Waals surface area contributed by atoms with E-state index >= 15 is 0 Å². The van der Waals surface area contributed by atoms with Crippen LogP contribution in [0.3, 0.4) is 0 Å². The minimum atomic E-state index is -3.73. The van der Waals surface area contributed by atoms with Crippen LogP contribution in [0.2, 0.25) is 10.0 Å². The van der Waals surface area contributed by atoms with Crippen molar-refractivity contribution in [3.05, 3.63) is 46.6 Å². The van der Waals surface area contributed by atoms with Gasteiger partial charge in [0.1, 0.15) is 5.82 Å². The Morgan fingerprint density at radius 2 is 1.86 bits per heavy atom. The van der Waals surface area contributed by atoms with Crippen LogP contribution in [0, 0.1) is 0 Å². The molecule has 116 valence electrons. The van der Waals surface area contributed by atoms with Crippen molar-refractivity contribution in [2.24, 2.45) is 0 Å². The lowest BCUT2D eigenvalue weighted by Gasteiger charge is -2.09. The maximum absolute atomic E-state index is 12.3. The first kappa shape index (κ1) is 15.4. The minimum Gasteiger partial charge on any atom is -0.367 e. The van der Waals surface area contributed by atoms with Gasteiger partial charge in [-0.05, 0) is 43.2 Å². The highest BCUT2D eigenvalue weighted by Gasteiger charge is 2.21. The minimum absolute atomic E-state index is 0.0436. The lowest BCUT2D eigenvalue weighted by Crippen LogP contribution is -2.13. The van der Waals surface area contributed by atoms with Crippen LogP contribution in [0.4, 0.5) is 11.5 Å². The molecule has 0 saturated heterocycles. The molecule has 0 aliphatic heterocycles. The molecule has 1 fully saturated rings. The average molecular weight is 358 g/mol. The van der Waals surface area contributed by atoms with Crippen LogP contribution in [0.15, 0.2) is 41.4 Å². The Bertz CT molecular complexity index is 790. The summed E-state index contributed by atoms with van der Waals surface area (Å²) in [4.78, 5) is 4.23. The fraction of sp³-hybridized carbons (Fsp3) is 0.214. The maximum Gasteiger partial charge on any atom is 0.261 e. The van der Waals surface area contributed by atoms with E-state index in [0.717, 1.165) is 18.7 Å². The maximum atomic E-state index is 12.3.